The van der Waals surface area contributed by atoms with Crippen LogP contribution in [-0.4, -0.2) is 19.7 Å². The van der Waals surface area contributed by atoms with Crippen molar-refractivity contribution in [3.8, 4) is 11.5 Å². The summed E-state index contributed by atoms with van der Waals surface area (Å²) in [7, 11) is 0. The van der Waals surface area contributed by atoms with E-state index in [2.05, 4.69) is 57.9 Å². The van der Waals surface area contributed by atoms with E-state index >= 15 is 0 Å². The maximum atomic E-state index is 4.37. The van der Waals surface area contributed by atoms with Gasteiger partial charge in [-0.3, -0.25) is 4.98 Å². The first kappa shape index (κ1) is 14.8. The first-order valence-corrected chi connectivity index (χ1v) is 8.29. The molecule has 112 valence electrons. The molecule has 0 aliphatic carbocycles. The van der Waals surface area contributed by atoms with E-state index < -0.39 is 0 Å². The third kappa shape index (κ3) is 3.20. The molecule has 0 unspecified atom stereocenters. The predicted octanol–water partition coefficient (Wildman–Crippen LogP) is 3.96. The highest BCUT2D eigenvalue weighted by Crippen LogP contribution is 2.25. The Kier molecular flexibility index (Phi) is 4.53. The van der Waals surface area contributed by atoms with Gasteiger partial charge in [0.05, 0.1) is 0 Å². The number of thioether (sulfide) groups is 1. The Labute approximate surface area is 134 Å². The number of aromatic nitrogens is 4. The van der Waals surface area contributed by atoms with Gasteiger partial charge in [0.1, 0.15) is 5.69 Å². The SMILES string of the molecule is CCn1c(SCc2ccc(C)cc2)nnc1-c1ccccn1. The van der Waals surface area contributed by atoms with Crippen molar-refractivity contribution in [1.82, 2.24) is 19.7 Å². The highest BCUT2D eigenvalue weighted by Gasteiger charge is 2.13. The van der Waals surface area contributed by atoms with Crippen molar-refractivity contribution in [3.63, 3.8) is 0 Å². The molecule has 0 saturated heterocycles. The van der Waals surface area contributed by atoms with E-state index in [4.69, 9.17) is 0 Å². The number of hydrogen-bond donors (Lipinski definition) is 0. The zero-order chi connectivity index (χ0) is 15.4. The molecule has 1 aromatic carbocycles. The molecule has 0 fully saturated rings. The summed E-state index contributed by atoms with van der Waals surface area (Å²) in [5.41, 5.74) is 3.43. The standard InChI is InChI=1S/C17H18N4S/c1-3-21-16(15-6-4-5-11-18-15)19-20-17(21)22-12-14-9-7-13(2)8-10-14/h4-11H,3,12H2,1-2H3. The third-order valence-electron chi connectivity index (χ3n) is 3.42. The predicted molar refractivity (Wildman–Crippen MR) is 89.7 cm³/mol. The maximum Gasteiger partial charge on any atom is 0.191 e. The van der Waals surface area contributed by atoms with E-state index in [1.54, 1.807) is 18.0 Å². The molecular formula is C17H18N4S. The van der Waals surface area contributed by atoms with E-state index in [9.17, 15) is 0 Å². The molecule has 4 nitrogen and oxygen atoms in total. The van der Waals surface area contributed by atoms with Crippen molar-refractivity contribution in [3.05, 3.63) is 59.8 Å². The van der Waals surface area contributed by atoms with E-state index in [1.807, 2.05) is 18.2 Å². The summed E-state index contributed by atoms with van der Waals surface area (Å²) in [5, 5.41) is 9.58. The molecule has 22 heavy (non-hydrogen) atoms. The van der Waals surface area contributed by atoms with Gasteiger partial charge >= 0.3 is 0 Å². The monoisotopic (exact) mass is 310 g/mol. The van der Waals surface area contributed by atoms with E-state index in [-0.39, 0.29) is 0 Å². The van der Waals surface area contributed by atoms with Crippen molar-refractivity contribution in [1.29, 1.82) is 0 Å². The second kappa shape index (κ2) is 6.75. The summed E-state index contributed by atoms with van der Waals surface area (Å²) >= 11 is 1.71. The summed E-state index contributed by atoms with van der Waals surface area (Å²) < 4.78 is 2.11. The van der Waals surface area contributed by atoms with Crippen LogP contribution in [0.15, 0.2) is 53.8 Å². The number of hydrogen-bond acceptors (Lipinski definition) is 4. The van der Waals surface area contributed by atoms with Crippen molar-refractivity contribution in [2.24, 2.45) is 0 Å². The first-order chi connectivity index (χ1) is 10.8. The summed E-state index contributed by atoms with van der Waals surface area (Å²) in [6.07, 6.45) is 1.78. The van der Waals surface area contributed by atoms with Crippen LogP contribution in [0, 0.1) is 6.92 Å². The molecule has 0 bridgehead atoms. The van der Waals surface area contributed by atoms with Crippen molar-refractivity contribution >= 4 is 11.8 Å². The minimum Gasteiger partial charge on any atom is -0.301 e. The Morgan fingerprint density at radius 2 is 1.86 bits per heavy atom. The molecule has 3 aromatic rings. The lowest BCUT2D eigenvalue weighted by molar-refractivity contribution is 0.686. The summed E-state index contributed by atoms with van der Waals surface area (Å²) in [6.45, 7) is 5.03. The second-order valence-electron chi connectivity index (χ2n) is 5.04. The van der Waals surface area contributed by atoms with Gasteiger partial charge in [0, 0.05) is 18.5 Å². The van der Waals surface area contributed by atoms with Gasteiger partial charge in [0.25, 0.3) is 0 Å². The number of rotatable bonds is 5. The molecule has 0 radical (unpaired) electrons. The lowest BCUT2D eigenvalue weighted by Crippen LogP contribution is -2.00. The first-order valence-electron chi connectivity index (χ1n) is 7.31. The zero-order valence-corrected chi connectivity index (χ0v) is 13.5. The van der Waals surface area contributed by atoms with Crippen LogP contribution in [0.25, 0.3) is 11.5 Å². The third-order valence-corrected chi connectivity index (χ3v) is 4.45. The Morgan fingerprint density at radius 3 is 2.55 bits per heavy atom. The van der Waals surface area contributed by atoms with Gasteiger partial charge in [-0.2, -0.15) is 0 Å². The van der Waals surface area contributed by atoms with Crippen molar-refractivity contribution in [2.75, 3.05) is 0 Å². The Hall–Kier alpha value is -2.14. The molecule has 0 aliphatic rings. The topological polar surface area (TPSA) is 43.6 Å². The normalized spacial score (nSPS) is 10.8. The van der Waals surface area contributed by atoms with Crippen LogP contribution in [0.4, 0.5) is 0 Å². The number of benzene rings is 1. The van der Waals surface area contributed by atoms with E-state index in [0.29, 0.717) is 0 Å². The summed E-state index contributed by atoms with van der Waals surface area (Å²) in [6, 6.07) is 14.4. The van der Waals surface area contributed by atoms with E-state index in [0.717, 1.165) is 29.0 Å². The average Bonchev–Trinajstić information content (AvgIpc) is 2.98. The van der Waals surface area contributed by atoms with Crippen LogP contribution < -0.4 is 0 Å². The lowest BCUT2D eigenvalue weighted by Gasteiger charge is -2.07. The van der Waals surface area contributed by atoms with Gasteiger partial charge in [-0.1, -0.05) is 47.7 Å². The lowest BCUT2D eigenvalue weighted by atomic mass is 10.2. The number of aryl methyl sites for hydroxylation is 1. The van der Waals surface area contributed by atoms with Gasteiger partial charge in [-0.25, -0.2) is 0 Å². The van der Waals surface area contributed by atoms with Crippen LogP contribution in [-0.2, 0) is 12.3 Å². The molecule has 5 heteroatoms. The quantitative estimate of drug-likeness (QED) is 0.669. The summed E-state index contributed by atoms with van der Waals surface area (Å²) in [4.78, 5) is 4.37. The molecule has 0 spiro atoms. The Bertz CT molecular complexity index is 735. The smallest absolute Gasteiger partial charge is 0.191 e. The molecule has 3 rings (SSSR count). The van der Waals surface area contributed by atoms with Gasteiger partial charge in [-0.15, -0.1) is 10.2 Å². The van der Waals surface area contributed by atoms with Gasteiger partial charge in [0.15, 0.2) is 11.0 Å². The minimum atomic E-state index is 0.828. The summed E-state index contributed by atoms with van der Waals surface area (Å²) in [5.74, 6) is 1.72. The molecule has 0 saturated carbocycles. The average molecular weight is 310 g/mol. The van der Waals surface area contributed by atoms with Gasteiger partial charge < -0.3 is 4.57 Å². The molecule has 0 amide bonds. The zero-order valence-electron chi connectivity index (χ0n) is 12.7. The fourth-order valence-electron chi connectivity index (χ4n) is 2.20. The van der Waals surface area contributed by atoms with Crippen LogP contribution in [0.5, 0.6) is 0 Å². The number of nitrogens with zero attached hydrogens (tertiary/aromatic N) is 4. The Balaban J connectivity index is 1.80. The molecule has 2 heterocycles. The highest BCUT2D eigenvalue weighted by molar-refractivity contribution is 7.98. The largest absolute Gasteiger partial charge is 0.301 e. The molecule has 0 N–H and O–H groups in total. The van der Waals surface area contributed by atoms with Crippen molar-refractivity contribution in [2.45, 2.75) is 31.3 Å². The van der Waals surface area contributed by atoms with Crippen LogP contribution >= 0.6 is 11.8 Å². The highest BCUT2D eigenvalue weighted by atomic mass is 32.2. The van der Waals surface area contributed by atoms with Gasteiger partial charge in [0.2, 0.25) is 0 Å². The van der Waals surface area contributed by atoms with Crippen molar-refractivity contribution < 1.29 is 0 Å². The second-order valence-corrected chi connectivity index (χ2v) is 5.98. The van der Waals surface area contributed by atoms with Crippen LogP contribution in [0.1, 0.15) is 18.1 Å². The molecule has 2 aromatic heterocycles. The fraction of sp³-hybridized carbons (Fsp3) is 0.235. The maximum absolute atomic E-state index is 4.37. The number of pyridine rings is 1. The molecule has 0 aliphatic heterocycles. The van der Waals surface area contributed by atoms with Crippen LogP contribution in [0.3, 0.4) is 0 Å². The Morgan fingerprint density at radius 1 is 1.05 bits per heavy atom. The van der Waals surface area contributed by atoms with Gasteiger partial charge in [-0.05, 0) is 31.5 Å². The molecule has 0 atom stereocenters. The fourth-order valence-corrected chi connectivity index (χ4v) is 3.16. The molecular weight excluding hydrogens is 292 g/mol. The van der Waals surface area contributed by atoms with E-state index in [1.165, 1.54) is 11.1 Å². The van der Waals surface area contributed by atoms with Crippen LogP contribution in [0.2, 0.25) is 0 Å². The minimum absolute atomic E-state index is 0.828.